The molecule has 2 saturated heterocycles. The van der Waals surface area contributed by atoms with Crippen molar-refractivity contribution in [2.24, 2.45) is 11.8 Å². The number of carbonyl (C=O) groups excluding carboxylic acids is 1. The molecule has 2 fully saturated rings. The summed E-state index contributed by atoms with van der Waals surface area (Å²) >= 11 is 0. The van der Waals surface area contributed by atoms with Crippen molar-refractivity contribution in [3.63, 3.8) is 0 Å². The molecule has 1 amide bonds. The van der Waals surface area contributed by atoms with Crippen LogP contribution in [0.5, 0.6) is 0 Å². The van der Waals surface area contributed by atoms with Crippen LogP contribution in [0.1, 0.15) is 13.3 Å². The van der Waals surface area contributed by atoms with Crippen molar-refractivity contribution in [3.05, 3.63) is 0 Å². The highest BCUT2D eigenvalue weighted by Gasteiger charge is 2.29. The lowest BCUT2D eigenvalue weighted by molar-refractivity contribution is -0.127. The Kier molecular flexibility index (Phi) is 3.03. The second kappa shape index (κ2) is 4.28. The number of piperidine rings is 1. The average Bonchev–Trinajstić information content (AvgIpc) is 2.05. The molecule has 2 aliphatic heterocycles. The van der Waals surface area contributed by atoms with Gasteiger partial charge in [0.2, 0.25) is 5.91 Å². The fourth-order valence-corrected chi connectivity index (χ4v) is 1.96. The topological polar surface area (TPSA) is 53.2 Å². The molecule has 2 unspecified atom stereocenters. The molecular formula is C10H19N3O. The summed E-state index contributed by atoms with van der Waals surface area (Å²) in [6.45, 7) is 5.91. The Hall–Kier alpha value is -0.610. The lowest BCUT2D eigenvalue weighted by atomic mass is 9.93. The first-order chi connectivity index (χ1) is 6.77. The molecule has 0 aliphatic carbocycles. The van der Waals surface area contributed by atoms with Crippen molar-refractivity contribution in [3.8, 4) is 0 Å². The van der Waals surface area contributed by atoms with E-state index in [4.69, 9.17) is 0 Å². The maximum absolute atomic E-state index is 11.7. The van der Waals surface area contributed by atoms with Gasteiger partial charge in [-0.2, -0.15) is 0 Å². The van der Waals surface area contributed by atoms with Gasteiger partial charge < -0.3 is 16.0 Å². The van der Waals surface area contributed by atoms with E-state index < -0.39 is 0 Å². The minimum absolute atomic E-state index is 0.212. The zero-order chi connectivity index (χ0) is 9.97. The summed E-state index contributed by atoms with van der Waals surface area (Å²) in [6.07, 6.45) is 1.16. The van der Waals surface area contributed by atoms with Crippen molar-refractivity contribution in [2.45, 2.75) is 19.4 Å². The van der Waals surface area contributed by atoms with Gasteiger partial charge in [-0.15, -0.1) is 0 Å². The van der Waals surface area contributed by atoms with E-state index in [2.05, 4.69) is 22.9 Å². The Morgan fingerprint density at radius 1 is 1.29 bits per heavy atom. The molecule has 14 heavy (non-hydrogen) atoms. The van der Waals surface area contributed by atoms with Crippen molar-refractivity contribution in [1.29, 1.82) is 0 Å². The quantitative estimate of drug-likeness (QED) is 0.550. The van der Waals surface area contributed by atoms with E-state index in [0.29, 0.717) is 12.0 Å². The fraction of sp³-hybridized carbons (Fsp3) is 0.900. The summed E-state index contributed by atoms with van der Waals surface area (Å²) in [6, 6.07) is 0.330. The van der Waals surface area contributed by atoms with Gasteiger partial charge in [-0.1, -0.05) is 6.92 Å². The van der Waals surface area contributed by atoms with Gasteiger partial charge in [0.15, 0.2) is 0 Å². The summed E-state index contributed by atoms with van der Waals surface area (Å²) in [5, 5.41) is 9.56. The zero-order valence-electron chi connectivity index (χ0n) is 8.68. The molecule has 0 bridgehead atoms. The predicted octanol–water partition coefficient (Wildman–Crippen LogP) is -0.680. The van der Waals surface area contributed by atoms with Gasteiger partial charge in [0.25, 0.3) is 0 Å². The third kappa shape index (κ3) is 2.07. The Labute approximate surface area is 84.8 Å². The molecule has 2 atom stereocenters. The molecule has 2 rings (SSSR count). The molecule has 4 heteroatoms. The van der Waals surface area contributed by atoms with Gasteiger partial charge in [-0.05, 0) is 18.9 Å². The minimum Gasteiger partial charge on any atom is -0.351 e. The second-order valence-corrected chi connectivity index (χ2v) is 4.44. The normalized spacial score (nSPS) is 33.5. The van der Waals surface area contributed by atoms with Gasteiger partial charge in [-0.3, -0.25) is 4.79 Å². The molecule has 0 saturated carbocycles. The zero-order valence-corrected chi connectivity index (χ0v) is 8.68. The van der Waals surface area contributed by atoms with Gasteiger partial charge in [0, 0.05) is 25.7 Å². The summed E-state index contributed by atoms with van der Waals surface area (Å²) in [5.74, 6) is 1.04. The van der Waals surface area contributed by atoms with Crippen molar-refractivity contribution in [2.75, 3.05) is 26.2 Å². The number of amides is 1. The monoisotopic (exact) mass is 197 g/mol. The molecule has 0 spiro atoms. The molecule has 0 aromatic rings. The SMILES string of the molecule is CC1CCNCC1NC(=O)C1CNC1. The molecular weight excluding hydrogens is 178 g/mol. The smallest absolute Gasteiger partial charge is 0.225 e. The molecule has 2 heterocycles. The van der Waals surface area contributed by atoms with Crippen LogP contribution in [0.25, 0.3) is 0 Å². The number of nitrogens with one attached hydrogen (secondary N) is 3. The van der Waals surface area contributed by atoms with E-state index in [1.165, 1.54) is 0 Å². The van der Waals surface area contributed by atoms with Crippen molar-refractivity contribution < 1.29 is 4.79 Å². The Balaban J connectivity index is 1.79. The van der Waals surface area contributed by atoms with E-state index in [1.54, 1.807) is 0 Å². The summed E-state index contributed by atoms with van der Waals surface area (Å²) in [4.78, 5) is 11.7. The van der Waals surface area contributed by atoms with E-state index in [-0.39, 0.29) is 11.8 Å². The first kappa shape index (κ1) is 9.93. The summed E-state index contributed by atoms with van der Waals surface area (Å²) < 4.78 is 0. The van der Waals surface area contributed by atoms with Crippen LogP contribution in [0.2, 0.25) is 0 Å². The highest BCUT2D eigenvalue weighted by atomic mass is 16.2. The molecule has 4 nitrogen and oxygen atoms in total. The van der Waals surface area contributed by atoms with E-state index in [0.717, 1.165) is 32.6 Å². The van der Waals surface area contributed by atoms with E-state index >= 15 is 0 Å². The number of hydrogen-bond donors (Lipinski definition) is 3. The van der Waals surface area contributed by atoms with Crippen LogP contribution < -0.4 is 16.0 Å². The lowest BCUT2D eigenvalue weighted by Crippen LogP contribution is -2.56. The second-order valence-electron chi connectivity index (χ2n) is 4.44. The van der Waals surface area contributed by atoms with Gasteiger partial charge in [-0.25, -0.2) is 0 Å². The van der Waals surface area contributed by atoms with Crippen LogP contribution in [0, 0.1) is 11.8 Å². The van der Waals surface area contributed by atoms with Crippen LogP contribution in [-0.2, 0) is 4.79 Å². The highest BCUT2D eigenvalue weighted by Crippen LogP contribution is 2.12. The minimum atomic E-state index is 0.212. The summed E-state index contributed by atoms with van der Waals surface area (Å²) in [5.41, 5.74) is 0. The molecule has 3 N–H and O–H groups in total. The molecule has 2 aliphatic rings. The van der Waals surface area contributed by atoms with E-state index in [1.807, 2.05) is 0 Å². The molecule has 0 aromatic carbocycles. The average molecular weight is 197 g/mol. The van der Waals surface area contributed by atoms with E-state index in [9.17, 15) is 4.79 Å². The summed E-state index contributed by atoms with van der Waals surface area (Å²) in [7, 11) is 0. The highest BCUT2D eigenvalue weighted by molar-refractivity contribution is 5.80. The van der Waals surface area contributed by atoms with Crippen LogP contribution >= 0.6 is 0 Å². The van der Waals surface area contributed by atoms with Crippen LogP contribution in [-0.4, -0.2) is 38.1 Å². The fourth-order valence-electron chi connectivity index (χ4n) is 1.96. The standard InChI is InChI=1S/C10H19N3O/c1-7-2-3-11-6-9(7)13-10(14)8-4-12-5-8/h7-9,11-12H,2-6H2,1H3,(H,13,14). The third-order valence-electron chi connectivity index (χ3n) is 3.31. The van der Waals surface area contributed by atoms with Crippen LogP contribution in [0.15, 0.2) is 0 Å². The number of carbonyl (C=O) groups is 1. The molecule has 80 valence electrons. The van der Waals surface area contributed by atoms with Gasteiger partial charge in [0.05, 0.1) is 5.92 Å². The van der Waals surface area contributed by atoms with Gasteiger partial charge >= 0.3 is 0 Å². The predicted molar refractivity (Wildman–Crippen MR) is 54.9 cm³/mol. The lowest BCUT2D eigenvalue weighted by Gasteiger charge is -2.33. The van der Waals surface area contributed by atoms with Crippen molar-refractivity contribution in [1.82, 2.24) is 16.0 Å². The molecule has 0 radical (unpaired) electrons. The largest absolute Gasteiger partial charge is 0.351 e. The molecule has 0 aromatic heterocycles. The number of hydrogen-bond acceptors (Lipinski definition) is 3. The van der Waals surface area contributed by atoms with Crippen LogP contribution in [0.4, 0.5) is 0 Å². The Morgan fingerprint density at radius 3 is 2.64 bits per heavy atom. The van der Waals surface area contributed by atoms with Gasteiger partial charge in [0.1, 0.15) is 0 Å². The maximum atomic E-state index is 11.7. The van der Waals surface area contributed by atoms with Crippen LogP contribution in [0.3, 0.4) is 0 Å². The first-order valence-electron chi connectivity index (χ1n) is 5.49. The van der Waals surface area contributed by atoms with Crippen molar-refractivity contribution >= 4 is 5.91 Å². The maximum Gasteiger partial charge on any atom is 0.225 e. The third-order valence-corrected chi connectivity index (χ3v) is 3.31. The Bertz CT molecular complexity index is 215. The Morgan fingerprint density at radius 2 is 2.07 bits per heavy atom. The number of rotatable bonds is 2. The first-order valence-corrected chi connectivity index (χ1v) is 5.49.